The molecule has 3 nitrogen and oxygen atoms in total. The normalized spacial score (nSPS) is 17.1. The van der Waals surface area contributed by atoms with E-state index in [1.807, 2.05) is 12.1 Å². The summed E-state index contributed by atoms with van der Waals surface area (Å²) in [5.41, 5.74) is 7.70. The Morgan fingerprint density at radius 2 is 2.20 bits per heavy atom. The number of nitrogens with two attached hydrogens (primary N) is 1. The Hall–Kier alpha value is -0.930. The second-order valence-corrected chi connectivity index (χ2v) is 4.03. The van der Waals surface area contributed by atoms with Crippen molar-refractivity contribution >= 4 is 0 Å². The average Bonchev–Trinajstić information content (AvgIpc) is 2.79. The van der Waals surface area contributed by atoms with E-state index in [0.717, 1.165) is 11.3 Å². The van der Waals surface area contributed by atoms with Gasteiger partial charge in [0.2, 0.25) is 0 Å². The number of hydrogen-bond donors (Lipinski definition) is 1. The van der Waals surface area contributed by atoms with E-state index in [1.165, 1.54) is 25.7 Å². The molecule has 1 aromatic rings. The van der Waals surface area contributed by atoms with Crippen molar-refractivity contribution in [3.8, 4) is 0 Å². The summed E-state index contributed by atoms with van der Waals surface area (Å²) in [6, 6.07) is 3.98. The van der Waals surface area contributed by atoms with Gasteiger partial charge in [-0.15, -0.1) is 0 Å². The van der Waals surface area contributed by atoms with E-state index in [-0.39, 0.29) is 0 Å². The van der Waals surface area contributed by atoms with Crippen LogP contribution in [0.4, 0.5) is 0 Å². The highest BCUT2D eigenvalue weighted by atomic mass is 16.5. The number of rotatable bonds is 4. The molecule has 15 heavy (non-hydrogen) atoms. The van der Waals surface area contributed by atoms with Crippen LogP contribution in [0, 0.1) is 0 Å². The molecule has 2 N–H and O–H groups in total. The number of pyridine rings is 1. The van der Waals surface area contributed by atoms with Crippen molar-refractivity contribution in [3.63, 3.8) is 0 Å². The number of nitrogens with zero attached hydrogens (tertiary/aromatic N) is 1. The fourth-order valence-electron chi connectivity index (χ4n) is 2.05. The third-order valence-electron chi connectivity index (χ3n) is 2.95. The fraction of sp³-hybridized carbons (Fsp3) is 0.583. The minimum absolute atomic E-state index is 0.454. The summed E-state index contributed by atoms with van der Waals surface area (Å²) in [4.78, 5) is 4.24. The molecular formula is C12H18N2O. The van der Waals surface area contributed by atoms with Crippen LogP contribution < -0.4 is 5.73 Å². The van der Waals surface area contributed by atoms with Crippen molar-refractivity contribution < 1.29 is 4.74 Å². The van der Waals surface area contributed by atoms with Gasteiger partial charge in [0.15, 0.2) is 0 Å². The third-order valence-corrected chi connectivity index (χ3v) is 2.95. The van der Waals surface area contributed by atoms with Crippen LogP contribution in [0.3, 0.4) is 0 Å². The van der Waals surface area contributed by atoms with Crippen molar-refractivity contribution in [2.24, 2.45) is 5.73 Å². The first kappa shape index (κ1) is 10.6. The summed E-state index contributed by atoms with van der Waals surface area (Å²) in [6.07, 6.45) is 7.26. The molecule has 0 saturated heterocycles. The van der Waals surface area contributed by atoms with Gasteiger partial charge in [0, 0.05) is 18.3 Å². The molecule has 1 aliphatic rings. The van der Waals surface area contributed by atoms with Gasteiger partial charge >= 0.3 is 0 Å². The standard InChI is InChI=1S/C12H18N2O/c13-8-12-10(4-3-7-14-12)9-15-11-5-1-2-6-11/h3-4,7,11H,1-2,5-6,8-9,13H2. The number of aromatic nitrogens is 1. The van der Waals surface area contributed by atoms with Crippen LogP contribution >= 0.6 is 0 Å². The predicted octanol–water partition coefficient (Wildman–Crippen LogP) is 2.00. The predicted molar refractivity (Wildman–Crippen MR) is 59.2 cm³/mol. The van der Waals surface area contributed by atoms with Crippen molar-refractivity contribution in [1.29, 1.82) is 0 Å². The minimum Gasteiger partial charge on any atom is -0.373 e. The zero-order valence-electron chi connectivity index (χ0n) is 8.98. The molecule has 1 aliphatic carbocycles. The third kappa shape index (κ3) is 2.76. The first-order valence-electron chi connectivity index (χ1n) is 5.64. The minimum atomic E-state index is 0.454. The quantitative estimate of drug-likeness (QED) is 0.819. The van der Waals surface area contributed by atoms with E-state index in [1.54, 1.807) is 6.20 Å². The van der Waals surface area contributed by atoms with E-state index in [4.69, 9.17) is 10.5 Å². The van der Waals surface area contributed by atoms with Gasteiger partial charge in [0.25, 0.3) is 0 Å². The van der Waals surface area contributed by atoms with E-state index >= 15 is 0 Å². The molecule has 0 bridgehead atoms. The van der Waals surface area contributed by atoms with Crippen molar-refractivity contribution in [1.82, 2.24) is 4.98 Å². The lowest BCUT2D eigenvalue weighted by Gasteiger charge is -2.12. The zero-order chi connectivity index (χ0) is 10.5. The van der Waals surface area contributed by atoms with Crippen molar-refractivity contribution in [3.05, 3.63) is 29.6 Å². The molecule has 1 aromatic heterocycles. The lowest BCUT2D eigenvalue weighted by molar-refractivity contribution is 0.0451. The molecule has 82 valence electrons. The highest BCUT2D eigenvalue weighted by Crippen LogP contribution is 2.22. The van der Waals surface area contributed by atoms with Gasteiger partial charge in [0.1, 0.15) is 0 Å². The molecule has 0 unspecified atom stereocenters. The van der Waals surface area contributed by atoms with Gasteiger partial charge < -0.3 is 10.5 Å². The summed E-state index contributed by atoms with van der Waals surface area (Å²) < 4.78 is 5.84. The molecule has 1 fully saturated rings. The first-order valence-corrected chi connectivity index (χ1v) is 5.64. The van der Waals surface area contributed by atoms with E-state index in [9.17, 15) is 0 Å². The number of ether oxygens (including phenoxy) is 1. The molecule has 3 heteroatoms. The van der Waals surface area contributed by atoms with Crippen LogP contribution in [-0.2, 0) is 17.9 Å². The largest absolute Gasteiger partial charge is 0.373 e. The molecule has 0 atom stereocenters. The molecule has 1 heterocycles. The highest BCUT2D eigenvalue weighted by molar-refractivity contribution is 5.18. The smallest absolute Gasteiger partial charge is 0.0738 e. The van der Waals surface area contributed by atoms with Crippen molar-refractivity contribution in [2.75, 3.05) is 0 Å². The summed E-state index contributed by atoms with van der Waals surface area (Å²) in [5.74, 6) is 0. The van der Waals surface area contributed by atoms with Crippen LogP contribution in [0.15, 0.2) is 18.3 Å². The lowest BCUT2D eigenvalue weighted by Crippen LogP contribution is -2.10. The summed E-state index contributed by atoms with van der Waals surface area (Å²) in [6.45, 7) is 1.15. The topological polar surface area (TPSA) is 48.1 Å². The van der Waals surface area contributed by atoms with Gasteiger partial charge in [-0.1, -0.05) is 18.9 Å². The maximum atomic E-state index is 5.84. The molecule has 0 spiro atoms. The Kier molecular flexibility index (Phi) is 3.69. The van der Waals surface area contributed by atoms with Gasteiger partial charge in [-0.25, -0.2) is 0 Å². The Morgan fingerprint density at radius 3 is 2.93 bits per heavy atom. The monoisotopic (exact) mass is 206 g/mol. The van der Waals surface area contributed by atoms with Crippen LogP contribution in [-0.4, -0.2) is 11.1 Å². The molecule has 0 aromatic carbocycles. The Labute approximate surface area is 90.7 Å². The van der Waals surface area contributed by atoms with E-state index < -0.39 is 0 Å². The number of hydrogen-bond acceptors (Lipinski definition) is 3. The summed E-state index contributed by atoms with van der Waals surface area (Å²) >= 11 is 0. The van der Waals surface area contributed by atoms with Gasteiger partial charge in [-0.2, -0.15) is 0 Å². The van der Waals surface area contributed by atoms with Crippen LogP contribution in [0.25, 0.3) is 0 Å². The highest BCUT2D eigenvalue weighted by Gasteiger charge is 2.15. The first-order chi connectivity index (χ1) is 7.40. The molecule has 0 aliphatic heterocycles. The second-order valence-electron chi connectivity index (χ2n) is 4.03. The molecule has 2 rings (SSSR count). The maximum Gasteiger partial charge on any atom is 0.0738 e. The van der Waals surface area contributed by atoms with Gasteiger partial charge in [-0.05, 0) is 18.9 Å². The molecule has 1 saturated carbocycles. The van der Waals surface area contributed by atoms with Crippen LogP contribution in [0.2, 0.25) is 0 Å². The second kappa shape index (κ2) is 5.24. The Balaban J connectivity index is 1.91. The average molecular weight is 206 g/mol. The van der Waals surface area contributed by atoms with E-state index in [2.05, 4.69) is 4.98 Å². The van der Waals surface area contributed by atoms with E-state index in [0.29, 0.717) is 19.3 Å². The maximum absolute atomic E-state index is 5.84. The molecule has 0 radical (unpaired) electrons. The van der Waals surface area contributed by atoms with Crippen LogP contribution in [0.5, 0.6) is 0 Å². The Bertz CT molecular complexity index is 308. The Morgan fingerprint density at radius 1 is 1.40 bits per heavy atom. The van der Waals surface area contributed by atoms with Crippen molar-refractivity contribution in [2.45, 2.75) is 44.9 Å². The SMILES string of the molecule is NCc1ncccc1COC1CCCC1. The fourth-order valence-corrected chi connectivity index (χ4v) is 2.05. The summed E-state index contributed by atoms with van der Waals surface area (Å²) in [7, 11) is 0. The van der Waals surface area contributed by atoms with Gasteiger partial charge in [0.05, 0.1) is 18.4 Å². The lowest BCUT2D eigenvalue weighted by atomic mass is 10.2. The molecular weight excluding hydrogens is 188 g/mol. The summed E-state index contributed by atoms with van der Waals surface area (Å²) in [5, 5.41) is 0. The van der Waals surface area contributed by atoms with Gasteiger partial charge in [-0.3, -0.25) is 4.98 Å². The zero-order valence-corrected chi connectivity index (χ0v) is 8.98. The van der Waals surface area contributed by atoms with Crippen LogP contribution in [0.1, 0.15) is 36.9 Å². The molecule has 0 amide bonds.